The number of esters is 6. The maximum atomic E-state index is 11.9. The Kier molecular flexibility index (Phi) is 13.3. The van der Waals surface area contributed by atoms with E-state index >= 15 is 0 Å². The number of carbonyl (C=O) groups excluding carboxylic acids is 6. The molecule has 1 fully saturated rings. The van der Waals surface area contributed by atoms with E-state index in [4.69, 9.17) is 42.7 Å². The van der Waals surface area contributed by atoms with E-state index in [-0.39, 0.29) is 13.0 Å². The summed E-state index contributed by atoms with van der Waals surface area (Å²) >= 11 is 0. The van der Waals surface area contributed by atoms with Gasteiger partial charge in [-0.25, -0.2) is 0 Å². The van der Waals surface area contributed by atoms with Crippen molar-refractivity contribution in [2.75, 3.05) is 13.2 Å². The van der Waals surface area contributed by atoms with Crippen molar-refractivity contribution in [2.24, 2.45) is 5.16 Å². The van der Waals surface area contributed by atoms with E-state index in [1.54, 1.807) is 12.2 Å². The number of oxime groups is 1. The number of hydrogen-bond acceptors (Lipinski definition) is 16. The summed E-state index contributed by atoms with van der Waals surface area (Å²) in [6, 6.07) is 0. The average molecular weight is 602 g/mol. The minimum absolute atomic E-state index is 0.130. The summed E-state index contributed by atoms with van der Waals surface area (Å²) < 4.78 is 42.8. The number of ether oxygens (including phenoxy) is 8. The van der Waals surface area contributed by atoms with E-state index in [1.165, 1.54) is 20.1 Å². The lowest BCUT2D eigenvalue weighted by molar-refractivity contribution is -0.308. The van der Waals surface area contributed by atoms with Crippen LogP contribution in [0.1, 0.15) is 48.0 Å². The molecule has 234 valence electrons. The van der Waals surface area contributed by atoms with Crippen LogP contribution in [-0.2, 0) is 71.5 Å². The smallest absolute Gasteiger partial charge is 0.303 e. The standard InChI is InChI=1S/C26H35NO15/c1-13(28)34-11-21-20(36-15(3)30)8-7-19(40-21)9-10-27-42-26-25(39-18(6)33)24(38-17(5)32)23(37-16(4)31)22(41-26)12-35-14(2)29/h7-8,10,19-26H,9,11-12H2,1-6H3/t19-,20-,21+,22+,23+,24-,25+,26?/m0/s1. The molecule has 16 heteroatoms. The van der Waals surface area contributed by atoms with E-state index in [0.29, 0.717) is 0 Å². The molecule has 0 amide bonds. The second-order valence-electron chi connectivity index (χ2n) is 9.17. The molecule has 2 aliphatic rings. The third kappa shape index (κ3) is 11.4. The van der Waals surface area contributed by atoms with Crippen molar-refractivity contribution < 1.29 is 71.5 Å². The zero-order chi connectivity index (χ0) is 31.4. The third-order valence-corrected chi connectivity index (χ3v) is 5.51. The Bertz CT molecular complexity index is 1060. The molecule has 2 heterocycles. The van der Waals surface area contributed by atoms with Gasteiger partial charge in [0.2, 0.25) is 6.10 Å². The second-order valence-corrected chi connectivity index (χ2v) is 9.17. The molecule has 0 spiro atoms. The van der Waals surface area contributed by atoms with Crippen molar-refractivity contribution in [3.05, 3.63) is 12.2 Å². The van der Waals surface area contributed by atoms with Crippen LogP contribution in [0.5, 0.6) is 0 Å². The summed E-state index contributed by atoms with van der Waals surface area (Å²) in [5.41, 5.74) is 0. The van der Waals surface area contributed by atoms with E-state index in [1.807, 2.05) is 0 Å². The molecule has 0 N–H and O–H groups in total. The van der Waals surface area contributed by atoms with Gasteiger partial charge in [0.1, 0.15) is 31.5 Å². The van der Waals surface area contributed by atoms with Crippen LogP contribution in [-0.4, -0.2) is 104 Å². The fourth-order valence-corrected chi connectivity index (χ4v) is 4.00. The van der Waals surface area contributed by atoms with Crippen LogP contribution in [0.2, 0.25) is 0 Å². The van der Waals surface area contributed by atoms with Crippen LogP contribution in [0.4, 0.5) is 0 Å². The number of hydrogen-bond donors (Lipinski definition) is 0. The molecule has 2 rings (SSSR count). The van der Waals surface area contributed by atoms with Gasteiger partial charge in [0.15, 0.2) is 12.2 Å². The van der Waals surface area contributed by atoms with Crippen LogP contribution in [0, 0.1) is 0 Å². The molecule has 16 nitrogen and oxygen atoms in total. The monoisotopic (exact) mass is 601 g/mol. The molecule has 0 saturated carbocycles. The second kappa shape index (κ2) is 16.4. The highest BCUT2D eigenvalue weighted by molar-refractivity contribution is 5.69. The minimum atomic E-state index is -1.49. The first kappa shape index (κ1) is 34.2. The molecular formula is C26H35NO15. The Hall–Kier alpha value is -4.05. The van der Waals surface area contributed by atoms with Crippen molar-refractivity contribution in [1.82, 2.24) is 0 Å². The molecular weight excluding hydrogens is 566 g/mol. The summed E-state index contributed by atoms with van der Waals surface area (Å²) in [7, 11) is 0. The predicted octanol–water partition coefficient (Wildman–Crippen LogP) is 0.280. The van der Waals surface area contributed by atoms with E-state index in [0.717, 1.165) is 27.7 Å². The first-order valence-electron chi connectivity index (χ1n) is 12.9. The molecule has 1 saturated heterocycles. The Morgan fingerprint density at radius 3 is 1.71 bits per heavy atom. The lowest BCUT2D eigenvalue weighted by Gasteiger charge is -2.42. The molecule has 0 aromatic carbocycles. The van der Waals surface area contributed by atoms with Gasteiger partial charge in [-0.05, 0) is 6.08 Å². The first-order chi connectivity index (χ1) is 19.8. The van der Waals surface area contributed by atoms with Crippen molar-refractivity contribution in [1.29, 1.82) is 0 Å². The molecule has 2 aliphatic heterocycles. The highest BCUT2D eigenvalue weighted by atomic mass is 16.8. The lowest BCUT2D eigenvalue weighted by Crippen LogP contribution is -2.62. The molecule has 0 aromatic heterocycles. The van der Waals surface area contributed by atoms with Gasteiger partial charge < -0.3 is 42.7 Å². The van der Waals surface area contributed by atoms with Gasteiger partial charge in [-0.1, -0.05) is 11.2 Å². The predicted molar refractivity (Wildman–Crippen MR) is 136 cm³/mol. The highest BCUT2D eigenvalue weighted by Crippen LogP contribution is 2.30. The summed E-state index contributed by atoms with van der Waals surface area (Å²) in [4.78, 5) is 75.1. The van der Waals surface area contributed by atoms with Gasteiger partial charge in [-0.2, -0.15) is 0 Å². The zero-order valence-corrected chi connectivity index (χ0v) is 24.0. The van der Waals surface area contributed by atoms with E-state index < -0.39 is 91.4 Å². The minimum Gasteiger partial charge on any atom is -0.463 e. The quantitative estimate of drug-likeness (QED) is 0.0971. The normalized spacial score (nSPS) is 28.7. The molecule has 0 bridgehead atoms. The van der Waals surface area contributed by atoms with Crippen LogP contribution in [0.25, 0.3) is 0 Å². The summed E-state index contributed by atoms with van der Waals surface area (Å²) in [6.45, 7) is 6.34. The maximum Gasteiger partial charge on any atom is 0.303 e. The van der Waals surface area contributed by atoms with Gasteiger partial charge >= 0.3 is 35.8 Å². The summed E-state index contributed by atoms with van der Waals surface area (Å²) in [5, 5.41) is 3.86. The number of carbonyl (C=O) groups is 6. The fourth-order valence-electron chi connectivity index (χ4n) is 4.00. The Morgan fingerprint density at radius 1 is 0.643 bits per heavy atom. The summed E-state index contributed by atoms with van der Waals surface area (Å²) in [6.07, 6.45) is -4.35. The molecule has 0 aliphatic carbocycles. The highest BCUT2D eigenvalue weighted by Gasteiger charge is 2.53. The summed E-state index contributed by atoms with van der Waals surface area (Å²) in [5.74, 6) is -4.09. The molecule has 0 radical (unpaired) electrons. The van der Waals surface area contributed by atoms with Crippen LogP contribution >= 0.6 is 0 Å². The average Bonchev–Trinajstić information content (AvgIpc) is 2.87. The van der Waals surface area contributed by atoms with Crippen LogP contribution in [0.15, 0.2) is 17.3 Å². The number of nitrogens with zero attached hydrogens (tertiary/aromatic N) is 1. The molecule has 0 aromatic rings. The van der Waals surface area contributed by atoms with Crippen molar-refractivity contribution in [2.45, 2.75) is 97.0 Å². The molecule has 42 heavy (non-hydrogen) atoms. The largest absolute Gasteiger partial charge is 0.463 e. The van der Waals surface area contributed by atoms with Gasteiger partial charge in [0.05, 0.1) is 6.10 Å². The Morgan fingerprint density at radius 2 is 1.17 bits per heavy atom. The van der Waals surface area contributed by atoms with E-state index in [2.05, 4.69) is 5.16 Å². The topological polar surface area (TPSA) is 198 Å². The zero-order valence-electron chi connectivity index (χ0n) is 24.0. The fraction of sp³-hybridized carbons (Fsp3) is 0.654. The Balaban J connectivity index is 2.21. The van der Waals surface area contributed by atoms with Crippen molar-refractivity contribution in [3.63, 3.8) is 0 Å². The lowest BCUT2D eigenvalue weighted by atomic mass is 9.98. The Labute approximate surface area is 241 Å². The van der Waals surface area contributed by atoms with Gasteiger partial charge in [0.25, 0.3) is 6.29 Å². The van der Waals surface area contributed by atoms with Crippen LogP contribution in [0.3, 0.4) is 0 Å². The molecule has 1 unspecified atom stereocenters. The maximum absolute atomic E-state index is 11.9. The SMILES string of the molecule is CC(=O)OC[C@H]1OC(ON=CC[C@@H]2C=C[C@H](OC(C)=O)[C@@H](COC(C)=O)O2)[C@H](OC(C)=O)[C@@H](OC(C)=O)[C@@H]1OC(C)=O. The number of rotatable bonds is 12. The van der Waals surface area contributed by atoms with E-state index in [9.17, 15) is 28.8 Å². The van der Waals surface area contributed by atoms with Gasteiger partial charge in [-0.15, -0.1) is 0 Å². The van der Waals surface area contributed by atoms with Gasteiger partial charge in [0, 0.05) is 54.2 Å². The first-order valence-corrected chi connectivity index (χ1v) is 12.9. The van der Waals surface area contributed by atoms with Gasteiger partial charge in [-0.3, -0.25) is 28.8 Å². The van der Waals surface area contributed by atoms with Crippen molar-refractivity contribution >= 4 is 42.0 Å². The van der Waals surface area contributed by atoms with Crippen molar-refractivity contribution in [3.8, 4) is 0 Å². The molecule has 8 atom stereocenters. The van der Waals surface area contributed by atoms with Crippen LogP contribution < -0.4 is 0 Å². The third-order valence-electron chi connectivity index (χ3n) is 5.51.